The Morgan fingerprint density at radius 1 is 0.750 bits per heavy atom. The lowest BCUT2D eigenvalue weighted by Gasteiger charge is -2.04. The van der Waals surface area contributed by atoms with Crippen molar-refractivity contribution in [3.63, 3.8) is 0 Å². The summed E-state index contributed by atoms with van der Waals surface area (Å²) >= 11 is 1.62. The van der Waals surface area contributed by atoms with Gasteiger partial charge in [0.25, 0.3) is 5.69 Å². The number of rotatable bonds is 5. The number of carbonyl (C=O) groups is 1. The standard InChI is InChI=1S/C19H13NO3S/c21-19(14-6-10-16(11-7-14)20(22)23)15-8-12-18(13-9-15)24-17-4-2-1-3-5-17/h1-13H. The van der Waals surface area contributed by atoms with Gasteiger partial charge in [-0.15, -0.1) is 0 Å². The lowest BCUT2D eigenvalue weighted by Crippen LogP contribution is -2.01. The summed E-state index contributed by atoms with van der Waals surface area (Å²) in [7, 11) is 0. The summed E-state index contributed by atoms with van der Waals surface area (Å²) in [5, 5.41) is 10.7. The van der Waals surface area contributed by atoms with Gasteiger partial charge in [0.2, 0.25) is 0 Å². The van der Waals surface area contributed by atoms with Crippen LogP contribution in [0.2, 0.25) is 0 Å². The zero-order chi connectivity index (χ0) is 16.9. The van der Waals surface area contributed by atoms with E-state index in [-0.39, 0.29) is 11.5 Å². The highest BCUT2D eigenvalue weighted by molar-refractivity contribution is 7.99. The number of hydrogen-bond acceptors (Lipinski definition) is 4. The highest BCUT2D eigenvalue weighted by Crippen LogP contribution is 2.27. The van der Waals surface area contributed by atoms with Gasteiger partial charge in [0.15, 0.2) is 5.78 Å². The number of hydrogen-bond donors (Lipinski definition) is 0. The quantitative estimate of drug-likeness (QED) is 0.375. The SMILES string of the molecule is O=C(c1ccc(Sc2ccccc2)cc1)c1ccc([N+](=O)[O-])cc1. The van der Waals surface area contributed by atoms with Crippen LogP contribution in [0, 0.1) is 10.1 Å². The van der Waals surface area contributed by atoms with E-state index in [4.69, 9.17) is 0 Å². The monoisotopic (exact) mass is 335 g/mol. The molecule has 3 rings (SSSR count). The van der Waals surface area contributed by atoms with E-state index >= 15 is 0 Å². The normalized spacial score (nSPS) is 10.3. The van der Waals surface area contributed by atoms with E-state index in [1.54, 1.807) is 23.9 Å². The molecule has 24 heavy (non-hydrogen) atoms. The number of nitro groups is 1. The van der Waals surface area contributed by atoms with Crippen molar-refractivity contribution in [2.45, 2.75) is 9.79 Å². The Bertz CT molecular complexity index is 859. The van der Waals surface area contributed by atoms with Gasteiger partial charge >= 0.3 is 0 Å². The summed E-state index contributed by atoms with van der Waals surface area (Å²) in [5.41, 5.74) is 0.964. The second-order valence-corrected chi connectivity index (χ2v) is 6.22. The maximum Gasteiger partial charge on any atom is 0.269 e. The second kappa shape index (κ2) is 7.10. The van der Waals surface area contributed by atoms with Crippen LogP contribution in [0.5, 0.6) is 0 Å². The Hall–Kier alpha value is -2.92. The van der Waals surface area contributed by atoms with E-state index < -0.39 is 4.92 Å². The van der Waals surface area contributed by atoms with E-state index in [0.717, 1.165) is 9.79 Å². The van der Waals surface area contributed by atoms with Crippen LogP contribution < -0.4 is 0 Å². The molecule has 0 amide bonds. The molecule has 0 atom stereocenters. The first-order valence-electron chi connectivity index (χ1n) is 7.25. The second-order valence-electron chi connectivity index (χ2n) is 5.07. The molecule has 0 aliphatic carbocycles. The third kappa shape index (κ3) is 3.70. The lowest BCUT2D eigenvalue weighted by molar-refractivity contribution is -0.384. The van der Waals surface area contributed by atoms with Crippen LogP contribution in [0.1, 0.15) is 15.9 Å². The fraction of sp³-hybridized carbons (Fsp3) is 0. The molecule has 0 bridgehead atoms. The van der Waals surface area contributed by atoms with Crippen molar-refractivity contribution in [3.05, 3.63) is 100 Å². The minimum absolute atomic E-state index is 0.0267. The fourth-order valence-corrected chi connectivity index (χ4v) is 3.04. The zero-order valence-electron chi connectivity index (χ0n) is 12.6. The number of ketones is 1. The van der Waals surface area contributed by atoms with Crippen LogP contribution in [0.15, 0.2) is 88.7 Å². The third-order valence-electron chi connectivity index (χ3n) is 3.44. The molecule has 3 aromatic rings. The van der Waals surface area contributed by atoms with Crippen molar-refractivity contribution < 1.29 is 9.72 Å². The lowest BCUT2D eigenvalue weighted by atomic mass is 10.0. The van der Waals surface area contributed by atoms with Gasteiger partial charge < -0.3 is 0 Å². The van der Waals surface area contributed by atoms with Crippen LogP contribution in [-0.4, -0.2) is 10.7 Å². The van der Waals surface area contributed by atoms with Crippen LogP contribution in [0.4, 0.5) is 5.69 Å². The molecular formula is C19H13NO3S. The Balaban J connectivity index is 1.75. The number of non-ortho nitro benzene ring substituents is 1. The van der Waals surface area contributed by atoms with E-state index in [2.05, 4.69) is 0 Å². The third-order valence-corrected chi connectivity index (χ3v) is 4.45. The Morgan fingerprint density at radius 2 is 1.25 bits per heavy atom. The number of nitro benzene ring substituents is 1. The van der Waals surface area contributed by atoms with Crippen molar-refractivity contribution >= 4 is 23.2 Å². The summed E-state index contributed by atoms with van der Waals surface area (Å²) in [6.45, 7) is 0. The zero-order valence-corrected chi connectivity index (χ0v) is 13.4. The van der Waals surface area contributed by atoms with Crippen LogP contribution >= 0.6 is 11.8 Å². The summed E-state index contributed by atoms with van der Waals surface area (Å²) < 4.78 is 0. The molecule has 0 N–H and O–H groups in total. The minimum Gasteiger partial charge on any atom is -0.289 e. The van der Waals surface area contributed by atoms with Crippen molar-refractivity contribution in [2.75, 3.05) is 0 Å². The summed E-state index contributed by atoms with van der Waals surface area (Å²) in [5.74, 6) is -0.152. The topological polar surface area (TPSA) is 60.2 Å². The maximum atomic E-state index is 12.4. The van der Waals surface area contributed by atoms with Crippen molar-refractivity contribution in [3.8, 4) is 0 Å². The van der Waals surface area contributed by atoms with Gasteiger partial charge in [-0.2, -0.15) is 0 Å². The first-order valence-corrected chi connectivity index (χ1v) is 8.07. The summed E-state index contributed by atoms with van der Waals surface area (Å²) in [6, 6.07) is 23.0. The van der Waals surface area contributed by atoms with E-state index in [9.17, 15) is 14.9 Å². The van der Waals surface area contributed by atoms with Crippen molar-refractivity contribution in [1.82, 2.24) is 0 Å². The first kappa shape index (κ1) is 16.0. The molecule has 5 heteroatoms. The number of benzene rings is 3. The Labute approximate surface area is 143 Å². The predicted octanol–water partition coefficient (Wildman–Crippen LogP) is 4.98. The van der Waals surface area contributed by atoms with Crippen LogP contribution in [0.25, 0.3) is 0 Å². The van der Waals surface area contributed by atoms with Gasteiger partial charge in [-0.1, -0.05) is 30.0 Å². The average molecular weight is 335 g/mol. The molecule has 0 aliphatic heterocycles. The molecule has 0 fully saturated rings. The van der Waals surface area contributed by atoms with Gasteiger partial charge in [0, 0.05) is 33.1 Å². The van der Waals surface area contributed by atoms with Gasteiger partial charge in [0.1, 0.15) is 0 Å². The van der Waals surface area contributed by atoms with Crippen LogP contribution in [0.3, 0.4) is 0 Å². The molecule has 3 aromatic carbocycles. The molecule has 0 unspecified atom stereocenters. The Kier molecular flexibility index (Phi) is 4.72. The van der Waals surface area contributed by atoms with Crippen LogP contribution in [-0.2, 0) is 0 Å². The summed E-state index contributed by atoms with van der Waals surface area (Å²) in [4.78, 5) is 24.8. The molecule has 0 aromatic heterocycles. The van der Waals surface area contributed by atoms with Gasteiger partial charge in [-0.3, -0.25) is 14.9 Å². The van der Waals surface area contributed by atoms with Gasteiger partial charge in [-0.25, -0.2) is 0 Å². The highest BCUT2D eigenvalue weighted by atomic mass is 32.2. The predicted molar refractivity (Wildman–Crippen MR) is 93.5 cm³/mol. The van der Waals surface area contributed by atoms with Crippen molar-refractivity contribution in [2.24, 2.45) is 0 Å². The fourth-order valence-electron chi connectivity index (χ4n) is 2.20. The molecule has 0 saturated heterocycles. The number of carbonyl (C=O) groups excluding carboxylic acids is 1. The molecule has 0 aliphatic rings. The number of nitrogens with zero attached hydrogens (tertiary/aromatic N) is 1. The molecule has 0 radical (unpaired) electrons. The van der Waals surface area contributed by atoms with E-state index in [1.807, 2.05) is 42.5 Å². The molecule has 0 spiro atoms. The first-order chi connectivity index (χ1) is 11.6. The smallest absolute Gasteiger partial charge is 0.269 e. The maximum absolute atomic E-state index is 12.4. The van der Waals surface area contributed by atoms with E-state index in [1.165, 1.54) is 24.3 Å². The van der Waals surface area contributed by atoms with Crippen molar-refractivity contribution in [1.29, 1.82) is 0 Å². The van der Waals surface area contributed by atoms with Gasteiger partial charge in [-0.05, 0) is 48.5 Å². The molecule has 0 saturated carbocycles. The van der Waals surface area contributed by atoms with Gasteiger partial charge in [0.05, 0.1) is 4.92 Å². The molecule has 0 heterocycles. The Morgan fingerprint density at radius 3 is 1.79 bits per heavy atom. The highest BCUT2D eigenvalue weighted by Gasteiger charge is 2.11. The minimum atomic E-state index is -0.482. The molecular weight excluding hydrogens is 322 g/mol. The average Bonchev–Trinajstić information content (AvgIpc) is 2.63. The molecule has 4 nitrogen and oxygen atoms in total. The summed E-state index contributed by atoms with van der Waals surface area (Å²) in [6.07, 6.45) is 0. The molecule has 118 valence electrons. The largest absolute Gasteiger partial charge is 0.289 e. The van der Waals surface area contributed by atoms with E-state index in [0.29, 0.717) is 11.1 Å².